The van der Waals surface area contributed by atoms with E-state index in [1.165, 1.54) is 0 Å². The molecule has 0 saturated heterocycles. The van der Waals surface area contributed by atoms with Gasteiger partial charge in [0, 0.05) is 24.0 Å². The number of likely N-dealkylation sites (N-methyl/N-ethyl adjacent to an activating group) is 1. The fraction of sp³-hybridized carbons (Fsp3) is 0.312. The molecule has 0 aliphatic rings. The molecule has 1 aromatic heterocycles. The van der Waals surface area contributed by atoms with Crippen LogP contribution in [0, 0.1) is 6.92 Å². The zero-order valence-electron chi connectivity index (χ0n) is 13.0. The Balaban J connectivity index is 2.06. The smallest absolute Gasteiger partial charge is 0.251 e. The Morgan fingerprint density at radius 2 is 1.91 bits per heavy atom. The average molecular weight is 300 g/mol. The van der Waals surface area contributed by atoms with Crippen molar-refractivity contribution in [1.29, 1.82) is 0 Å². The van der Waals surface area contributed by atoms with Crippen molar-refractivity contribution in [3.63, 3.8) is 0 Å². The monoisotopic (exact) mass is 300 g/mol. The second-order valence-corrected chi connectivity index (χ2v) is 5.02. The van der Waals surface area contributed by atoms with Crippen molar-refractivity contribution in [1.82, 2.24) is 20.4 Å². The van der Waals surface area contributed by atoms with Crippen LogP contribution in [0.25, 0.3) is 5.69 Å². The Hall–Kier alpha value is -2.63. The van der Waals surface area contributed by atoms with Crippen molar-refractivity contribution in [2.75, 3.05) is 6.54 Å². The lowest BCUT2D eigenvalue weighted by Gasteiger charge is -2.13. The molecule has 0 saturated carbocycles. The molecule has 22 heavy (non-hydrogen) atoms. The maximum atomic E-state index is 12.1. The minimum atomic E-state index is -0.569. The number of carbonyl (C=O) groups is 2. The van der Waals surface area contributed by atoms with Crippen molar-refractivity contribution < 1.29 is 9.59 Å². The summed E-state index contributed by atoms with van der Waals surface area (Å²) in [4.78, 5) is 23.7. The zero-order valence-corrected chi connectivity index (χ0v) is 13.0. The highest BCUT2D eigenvalue weighted by Gasteiger charge is 2.15. The molecule has 1 aromatic carbocycles. The molecule has 1 heterocycles. The third kappa shape index (κ3) is 3.52. The lowest BCUT2D eigenvalue weighted by Crippen LogP contribution is -2.44. The first-order valence-electron chi connectivity index (χ1n) is 7.22. The summed E-state index contributed by atoms with van der Waals surface area (Å²) in [5, 5.41) is 9.56. The third-order valence-electron chi connectivity index (χ3n) is 3.30. The van der Waals surface area contributed by atoms with Gasteiger partial charge in [0.25, 0.3) is 5.91 Å². The fourth-order valence-electron chi connectivity index (χ4n) is 2.07. The number of benzene rings is 1. The minimum absolute atomic E-state index is 0.195. The maximum absolute atomic E-state index is 12.1. The molecule has 0 aliphatic carbocycles. The van der Waals surface area contributed by atoms with Crippen LogP contribution in [-0.4, -0.2) is 34.2 Å². The molecule has 0 aliphatic heterocycles. The third-order valence-corrected chi connectivity index (χ3v) is 3.30. The van der Waals surface area contributed by atoms with E-state index in [2.05, 4.69) is 15.7 Å². The van der Waals surface area contributed by atoms with Gasteiger partial charge in [-0.25, -0.2) is 4.68 Å². The summed E-state index contributed by atoms with van der Waals surface area (Å²) in [7, 11) is 0. The average Bonchev–Trinajstić information content (AvgIpc) is 2.93. The molecule has 0 unspecified atom stereocenters. The molecule has 0 spiro atoms. The molecule has 0 fully saturated rings. The Bertz CT molecular complexity index is 661. The first-order chi connectivity index (χ1) is 10.5. The molecule has 2 amide bonds. The van der Waals surface area contributed by atoms with E-state index in [0.717, 1.165) is 11.4 Å². The molecule has 6 heteroatoms. The first kappa shape index (κ1) is 15.8. The van der Waals surface area contributed by atoms with E-state index < -0.39 is 6.04 Å². The van der Waals surface area contributed by atoms with Gasteiger partial charge in [0.15, 0.2) is 0 Å². The van der Waals surface area contributed by atoms with Crippen molar-refractivity contribution >= 4 is 11.8 Å². The minimum Gasteiger partial charge on any atom is -0.355 e. The lowest BCUT2D eigenvalue weighted by atomic mass is 10.1. The molecule has 0 radical (unpaired) electrons. The molecular weight excluding hydrogens is 280 g/mol. The van der Waals surface area contributed by atoms with Gasteiger partial charge in [0.2, 0.25) is 5.91 Å². The van der Waals surface area contributed by atoms with Gasteiger partial charge in [-0.3, -0.25) is 9.59 Å². The Morgan fingerprint density at radius 1 is 1.23 bits per heavy atom. The van der Waals surface area contributed by atoms with Gasteiger partial charge in [-0.05, 0) is 51.1 Å². The second kappa shape index (κ2) is 6.89. The molecule has 6 nitrogen and oxygen atoms in total. The van der Waals surface area contributed by atoms with Crippen molar-refractivity contribution in [3.8, 4) is 5.69 Å². The van der Waals surface area contributed by atoms with Crippen LogP contribution in [0.4, 0.5) is 0 Å². The standard InChI is InChI=1S/C16H20N4O2/c1-4-17-15(21)12(3)19-16(22)13-5-7-14(8-6-13)20-11(2)9-10-18-20/h5-10,12H,4H2,1-3H3,(H,17,21)(H,19,22)/t12-/m1/s1. The largest absolute Gasteiger partial charge is 0.355 e. The number of rotatable bonds is 5. The van der Waals surface area contributed by atoms with Crippen LogP contribution in [0.1, 0.15) is 29.9 Å². The van der Waals surface area contributed by atoms with E-state index >= 15 is 0 Å². The Labute approximate surface area is 129 Å². The Kier molecular flexibility index (Phi) is 4.93. The maximum Gasteiger partial charge on any atom is 0.251 e. The number of amides is 2. The van der Waals surface area contributed by atoms with E-state index in [9.17, 15) is 9.59 Å². The highest BCUT2D eigenvalue weighted by atomic mass is 16.2. The molecule has 2 N–H and O–H groups in total. The molecule has 2 aromatic rings. The van der Waals surface area contributed by atoms with Crippen molar-refractivity contribution in [3.05, 3.63) is 47.8 Å². The second-order valence-electron chi connectivity index (χ2n) is 5.02. The zero-order chi connectivity index (χ0) is 16.1. The molecule has 2 rings (SSSR count). The number of nitrogens with zero attached hydrogens (tertiary/aromatic N) is 2. The first-order valence-corrected chi connectivity index (χ1v) is 7.22. The highest BCUT2D eigenvalue weighted by molar-refractivity contribution is 5.97. The van der Waals surface area contributed by atoms with Gasteiger partial charge in [0.1, 0.15) is 6.04 Å². The molecular formula is C16H20N4O2. The van der Waals surface area contributed by atoms with Crippen LogP contribution in [0.5, 0.6) is 0 Å². The van der Waals surface area contributed by atoms with E-state index in [1.807, 2.05) is 32.0 Å². The molecule has 116 valence electrons. The van der Waals surface area contributed by atoms with Crippen LogP contribution >= 0.6 is 0 Å². The quantitative estimate of drug-likeness (QED) is 0.877. The molecule has 0 bridgehead atoms. The van der Waals surface area contributed by atoms with Gasteiger partial charge in [-0.2, -0.15) is 5.10 Å². The van der Waals surface area contributed by atoms with Gasteiger partial charge in [-0.15, -0.1) is 0 Å². The summed E-state index contributed by atoms with van der Waals surface area (Å²) in [6.45, 7) is 5.99. The SMILES string of the molecule is CCNC(=O)[C@@H](C)NC(=O)c1ccc(-n2nccc2C)cc1. The topological polar surface area (TPSA) is 76.0 Å². The van der Waals surface area contributed by atoms with E-state index in [4.69, 9.17) is 0 Å². The van der Waals surface area contributed by atoms with E-state index in [0.29, 0.717) is 12.1 Å². The summed E-state index contributed by atoms with van der Waals surface area (Å²) in [5.41, 5.74) is 2.41. The van der Waals surface area contributed by atoms with Crippen molar-refractivity contribution in [2.45, 2.75) is 26.8 Å². The predicted octanol–water partition coefficient (Wildman–Crippen LogP) is 1.44. The molecule has 1 atom stereocenters. The summed E-state index contributed by atoms with van der Waals surface area (Å²) >= 11 is 0. The van der Waals surface area contributed by atoms with Crippen LogP contribution in [0.15, 0.2) is 36.5 Å². The van der Waals surface area contributed by atoms with Gasteiger partial charge >= 0.3 is 0 Å². The number of nitrogens with one attached hydrogen (secondary N) is 2. The van der Waals surface area contributed by atoms with Crippen LogP contribution in [0.3, 0.4) is 0 Å². The normalized spacial score (nSPS) is 11.8. The number of hydrogen-bond acceptors (Lipinski definition) is 3. The summed E-state index contributed by atoms with van der Waals surface area (Å²) in [5.74, 6) is -0.470. The van der Waals surface area contributed by atoms with Crippen LogP contribution in [-0.2, 0) is 4.79 Å². The Morgan fingerprint density at radius 3 is 2.45 bits per heavy atom. The summed E-state index contributed by atoms with van der Waals surface area (Å²) in [6, 6.07) is 8.43. The highest BCUT2D eigenvalue weighted by Crippen LogP contribution is 2.11. The number of hydrogen-bond donors (Lipinski definition) is 2. The van der Waals surface area contributed by atoms with Gasteiger partial charge in [-0.1, -0.05) is 0 Å². The number of aryl methyl sites for hydroxylation is 1. The van der Waals surface area contributed by atoms with E-state index in [-0.39, 0.29) is 11.8 Å². The van der Waals surface area contributed by atoms with Crippen molar-refractivity contribution in [2.24, 2.45) is 0 Å². The van der Waals surface area contributed by atoms with Crippen LogP contribution < -0.4 is 10.6 Å². The fourth-order valence-corrected chi connectivity index (χ4v) is 2.07. The van der Waals surface area contributed by atoms with Gasteiger partial charge in [0.05, 0.1) is 5.69 Å². The van der Waals surface area contributed by atoms with Gasteiger partial charge < -0.3 is 10.6 Å². The van der Waals surface area contributed by atoms with E-state index in [1.54, 1.807) is 29.9 Å². The number of aromatic nitrogens is 2. The summed E-state index contributed by atoms with van der Waals surface area (Å²) in [6.07, 6.45) is 1.73. The summed E-state index contributed by atoms with van der Waals surface area (Å²) < 4.78 is 1.79. The number of carbonyl (C=O) groups excluding carboxylic acids is 2. The lowest BCUT2D eigenvalue weighted by molar-refractivity contribution is -0.122. The predicted molar refractivity (Wildman–Crippen MR) is 83.9 cm³/mol. The van der Waals surface area contributed by atoms with Crippen LogP contribution in [0.2, 0.25) is 0 Å².